The zero-order valence-corrected chi connectivity index (χ0v) is 12.7. The Balaban J connectivity index is 2.32. The van der Waals surface area contributed by atoms with Crippen LogP contribution in [0, 0.1) is 0 Å². The Hall–Kier alpha value is -1.72. The quantitative estimate of drug-likeness (QED) is 0.479. The summed E-state index contributed by atoms with van der Waals surface area (Å²) in [6.07, 6.45) is 5.45. The molecule has 20 heavy (non-hydrogen) atoms. The van der Waals surface area contributed by atoms with Crippen LogP contribution in [0.25, 0.3) is 0 Å². The van der Waals surface area contributed by atoms with E-state index in [4.69, 9.17) is 0 Å². The molecule has 2 N–H and O–H groups in total. The summed E-state index contributed by atoms with van der Waals surface area (Å²) in [5.74, 6) is 0.937. The van der Waals surface area contributed by atoms with Crippen LogP contribution in [0.4, 0.5) is 11.4 Å². The van der Waals surface area contributed by atoms with Gasteiger partial charge in [-0.1, -0.05) is 36.7 Å². The first-order chi connectivity index (χ1) is 9.77. The van der Waals surface area contributed by atoms with Crippen LogP contribution >= 0.6 is 11.9 Å². The molecule has 0 aromatic heterocycles. The highest BCUT2D eigenvalue weighted by Crippen LogP contribution is 2.34. The number of nitrogens with zero attached hydrogens (tertiary/aromatic N) is 2. The highest BCUT2D eigenvalue weighted by molar-refractivity contribution is 7.96. The summed E-state index contributed by atoms with van der Waals surface area (Å²) < 4.78 is 3.28. The second-order valence-corrected chi connectivity index (χ2v) is 5.05. The molecule has 0 saturated carbocycles. The minimum atomic E-state index is 0.862. The molecule has 0 spiro atoms. The highest BCUT2D eigenvalue weighted by atomic mass is 32.2. The summed E-state index contributed by atoms with van der Waals surface area (Å²) in [6.45, 7) is 7.48. The van der Waals surface area contributed by atoms with Crippen LogP contribution in [0.15, 0.2) is 53.4 Å². The number of aliphatic imine (C=N–C) groups is 1. The van der Waals surface area contributed by atoms with Crippen molar-refractivity contribution in [2.24, 2.45) is 4.99 Å². The summed E-state index contributed by atoms with van der Waals surface area (Å²) in [4.78, 5) is 6.73. The molecule has 0 aliphatic carbocycles. The molecule has 4 nitrogen and oxygen atoms in total. The van der Waals surface area contributed by atoms with Gasteiger partial charge in [0.15, 0.2) is 5.82 Å². The van der Waals surface area contributed by atoms with Crippen molar-refractivity contribution in [3.8, 4) is 0 Å². The molecule has 0 fully saturated rings. The Morgan fingerprint density at radius 3 is 3.00 bits per heavy atom. The maximum absolute atomic E-state index is 4.51. The molecule has 1 heterocycles. The Bertz CT molecular complexity index is 536. The fraction of sp³-hybridized carbons (Fsp3) is 0.267. The molecule has 0 amide bonds. The highest BCUT2D eigenvalue weighted by Gasteiger charge is 2.21. The van der Waals surface area contributed by atoms with E-state index in [1.165, 1.54) is 0 Å². The first kappa shape index (κ1) is 14.7. The van der Waals surface area contributed by atoms with Crippen LogP contribution < -0.4 is 14.9 Å². The number of nitrogens with one attached hydrogen (secondary N) is 2. The number of allylic oxidation sites excluding steroid dienone is 2. The van der Waals surface area contributed by atoms with Gasteiger partial charge in [-0.25, -0.2) is 4.99 Å². The van der Waals surface area contributed by atoms with E-state index in [1.54, 1.807) is 24.2 Å². The van der Waals surface area contributed by atoms with Gasteiger partial charge in [0.05, 0.1) is 17.1 Å². The molecule has 1 aromatic carbocycles. The molecule has 0 radical (unpaired) electrons. The second-order valence-electron chi connectivity index (χ2n) is 4.35. The lowest BCUT2D eigenvalue weighted by Gasteiger charge is -2.33. The minimum Gasteiger partial charge on any atom is -0.354 e. The van der Waals surface area contributed by atoms with Crippen molar-refractivity contribution < 1.29 is 0 Å². The van der Waals surface area contributed by atoms with Gasteiger partial charge in [-0.2, -0.15) is 0 Å². The van der Waals surface area contributed by atoms with Crippen molar-refractivity contribution >= 4 is 29.5 Å². The van der Waals surface area contributed by atoms with E-state index in [1.807, 2.05) is 25.3 Å². The number of fused-ring (bicyclic) bond motifs is 1. The molecule has 0 unspecified atom stereocenters. The summed E-state index contributed by atoms with van der Waals surface area (Å²) in [5.41, 5.74) is 3.31. The fourth-order valence-corrected chi connectivity index (χ4v) is 2.46. The lowest BCUT2D eigenvalue weighted by molar-refractivity contribution is 0.826. The van der Waals surface area contributed by atoms with Crippen LogP contribution in [0.2, 0.25) is 0 Å². The molecule has 1 aliphatic rings. The van der Waals surface area contributed by atoms with Gasteiger partial charge in [0.2, 0.25) is 0 Å². The van der Waals surface area contributed by atoms with E-state index >= 15 is 0 Å². The van der Waals surface area contributed by atoms with Crippen LogP contribution in [0.3, 0.4) is 0 Å². The number of benzene rings is 1. The van der Waals surface area contributed by atoms with Crippen molar-refractivity contribution in [1.82, 2.24) is 4.72 Å². The Morgan fingerprint density at radius 1 is 1.45 bits per heavy atom. The third-order valence-electron chi connectivity index (χ3n) is 2.99. The lowest BCUT2D eigenvalue weighted by atomic mass is 10.2. The molecule has 0 bridgehead atoms. The Morgan fingerprint density at radius 2 is 2.25 bits per heavy atom. The fourth-order valence-electron chi connectivity index (χ4n) is 2.16. The zero-order valence-electron chi connectivity index (χ0n) is 11.9. The average Bonchev–Trinajstić information content (AvgIpc) is 2.46. The molecular formula is C15H20N4S. The normalized spacial score (nSPS) is 14.4. The molecule has 2 rings (SSSR count). The van der Waals surface area contributed by atoms with Gasteiger partial charge < -0.3 is 10.2 Å². The van der Waals surface area contributed by atoms with Crippen molar-refractivity contribution in [1.29, 1.82) is 0 Å². The van der Waals surface area contributed by atoms with E-state index in [9.17, 15) is 0 Å². The first-order valence-electron chi connectivity index (χ1n) is 6.53. The van der Waals surface area contributed by atoms with E-state index < -0.39 is 0 Å². The van der Waals surface area contributed by atoms with Crippen molar-refractivity contribution in [2.75, 3.05) is 29.6 Å². The van der Waals surface area contributed by atoms with Gasteiger partial charge in [0.1, 0.15) is 0 Å². The number of rotatable bonds is 6. The minimum absolute atomic E-state index is 0.862. The monoisotopic (exact) mass is 288 g/mol. The lowest BCUT2D eigenvalue weighted by Crippen LogP contribution is -2.33. The SMILES string of the molecule is C=C/C=N\C1=C(C)Nc2ccccc2N1CCNSC. The van der Waals surface area contributed by atoms with Crippen LogP contribution in [0.1, 0.15) is 6.92 Å². The molecule has 106 valence electrons. The van der Waals surface area contributed by atoms with E-state index in [0.717, 1.165) is 36.0 Å². The maximum atomic E-state index is 4.51. The average molecular weight is 288 g/mol. The van der Waals surface area contributed by atoms with E-state index in [0.29, 0.717) is 0 Å². The predicted octanol–water partition coefficient (Wildman–Crippen LogP) is 3.23. The second kappa shape index (κ2) is 7.17. The summed E-state index contributed by atoms with van der Waals surface area (Å²) in [5, 5.41) is 3.40. The molecule has 0 atom stereocenters. The first-order valence-corrected chi connectivity index (χ1v) is 7.75. The van der Waals surface area contributed by atoms with Crippen LogP contribution in [-0.4, -0.2) is 25.6 Å². The van der Waals surface area contributed by atoms with Crippen LogP contribution in [0.5, 0.6) is 0 Å². The smallest absolute Gasteiger partial charge is 0.152 e. The summed E-state index contributed by atoms with van der Waals surface area (Å²) in [6, 6.07) is 8.28. The number of hydrogen-bond acceptors (Lipinski definition) is 5. The third kappa shape index (κ3) is 3.23. The van der Waals surface area contributed by atoms with Gasteiger partial charge in [0, 0.05) is 19.3 Å². The molecule has 1 aliphatic heterocycles. The molecule has 5 heteroatoms. The third-order valence-corrected chi connectivity index (χ3v) is 3.48. The van der Waals surface area contributed by atoms with Gasteiger partial charge in [-0.05, 0) is 25.3 Å². The Kier molecular flexibility index (Phi) is 5.26. The van der Waals surface area contributed by atoms with Gasteiger partial charge in [-0.15, -0.1) is 0 Å². The number of para-hydroxylation sites is 2. The van der Waals surface area contributed by atoms with Gasteiger partial charge in [0.25, 0.3) is 0 Å². The van der Waals surface area contributed by atoms with Crippen molar-refractivity contribution in [3.05, 3.63) is 48.4 Å². The van der Waals surface area contributed by atoms with E-state index in [2.05, 4.69) is 38.6 Å². The maximum Gasteiger partial charge on any atom is 0.152 e. The zero-order chi connectivity index (χ0) is 14.4. The number of anilines is 2. The molecular weight excluding hydrogens is 268 g/mol. The van der Waals surface area contributed by atoms with Crippen molar-refractivity contribution in [2.45, 2.75) is 6.92 Å². The molecule has 1 aromatic rings. The summed E-state index contributed by atoms with van der Waals surface area (Å²) >= 11 is 1.63. The van der Waals surface area contributed by atoms with Crippen molar-refractivity contribution in [3.63, 3.8) is 0 Å². The topological polar surface area (TPSA) is 39.7 Å². The van der Waals surface area contributed by atoms with E-state index in [-0.39, 0.29) is 0 Å². The Labute approximate surface area is 124 Å². The van der Waals surface area contributed by atoms with Gasteiger partial charge >= 0.3 is 0 Å². The van der Waals surface area contributed by atoms with Gasteiger partial charge in [-0.3, -0.25) is 4.72 Å². The standard InChI is InChI=1S/C15H20N4S/c1-4-9-16-15-12(2)18-13-7-5-6-8-14(13)19(15)11-10-17-20-3/h4-9,17-18H,1,10-11H2,2-3H3/b16-9-. The predicted molar refractivity (Wildman–Crippen MR) is 90.3 cm³/mol. The van der Waals surface area contributed by atoms with Crippen LogP contribution in [-0.2, 0) is 0 Å². The summed E-state index contributed by atoms with van der Waals surface area (Å²) in [7, 11) is 0. The molecule has 0 saturated heterocycles. The number of hydrogen-bond donors (Lipinski definition) is 2. The largest absolute Gasteiger partial charge is 0.354 e.